The number of hydrogen-bond acceptors (Lipinski definition) is 3. The molecule has 0 amide bonds. The van der Waals surface area contributed by atoms with Gasteiger partial charge in [0.1, 0.15) is 0 Å². The fraction of sp³-hybridized carbons (Fsp3) is 1.00. The van der Waals surface area contributed by atoms with Gasteiger partial charge in [0.05, 0.1) is 0 Å². The van der Waals surface area contributed by atoms with Crippen LogP contribution in [-0.2, 0) is 0 Å². The van der Waals surface area contributed by atoms with Gasteiger partial charge >= 0.3 is 0 Å². The molecule has 2 nitrogen and oxygen atoms in total. The number of nitrogens with one attached hydrogen (secondary N) is 1. The summed E-state index contributed by atoms with van der Waals surface area (Å²) in [5, 5.41) is 0.773. The highest BCUT2D eigenvalue weighted by Gasteiger charge is 2.22. The summed E-state index contributed by atoms with van der Waals surface area (Å²) in [6.07, 6.45) is 3.86. The molecule has 2 unspecified atom stereocenters. The zero-order chi connectivity index (χ0) is 7.40. The van der Waals surface area contributed by atoms with Crippen molar-refractivity contribution in [3.8, 4) is 0 Å². The smallest absolute Gasteiger partial charge is 0.0326 e. The van der Waals surface area contributed by atoms with Crippen molar-refractivity contribution in [1.29, 1.82) is 0 Å². The van der Waals surface area contributed by atoms with Crippen molar-refractivity contribution >= 4 is 11.8 Å². The van der Waals surface area contributed by atoms with Crippen LogP contribution >= 0.6 is 11.8 Å². The topological polar surface area (TPSA) is 38.0 Å². The van der Waals surface area contributed by atoms with Gasteiger partial charge in [0.2, 0.25) is 0 Å². The van der Waals surface area contributed by atoms with Crippen molar-refractivity contribution < 1.29 is 0 Å². The lowest BCUT2D eigenvalue weighted by Gasteiger charge is -2.19. The van der Waals surface area contributed by atoms with Gasteiger partial charge in [-0.15, -0.1) is 0 Å². The van der Waals surface area contributed by atoms with Crippen molar-refractivity contribution in [2.75, 3.05) is 5.75 Å². The lowest BCUT2D eigenvalue weighted by molar-refractivity contribution is 0.486. The van der Waals surface area contributed by atoms with Crippen LogP contribution in [0.4, 0.5) is 0 Å². The molecule has 60 valence electrons. The Kier molecular flexibility index (Phi) is 3.52. The van der Waals surface area contributed by atoms with Crippen LogP contribution < -0.4 is 11.3 Å². The third-order valence-electron chi connectivity index (χ3n) is 2.07. The second kappa shape index (κ2) is 4.21. The van der Waals surface area contributed by atoms with E-state index in [1.807, 2.05) is 0 Å². The predicted octanol–water partition coefficient (Wildman–Crippen LogP) is 1.12. The third kappa shape index (κ3) is 1.87. The largest absolute Gasteiger partial charge is 0.271 e. The molecule has 1 aliphatic rings. The van der Waals surface area contributed by atoms with Crippen LogP contribution in [0.3, 0.4) is 0 Å². The lowest BCUT2D eigenvalue weighted by Crippen LogP contribution is -2.41. The predicted molar refractivity (Wildman–Crippen MR) is 46.9 cm³/mol. The van der Waals surface area contributed by atoms with Gasteiger partial charge in [-0.2, -0.15) is 11.8 Å². The zero-order valence-electron chi connectivity index (χ0n) is 6.47. The SMILES string of the molecule is CCC(NN)C1CCCS1. The molecule has 1 fully saturated rings. The Morgan fingerprint density at radius 1 is 1.80 bits per heavy atom. The Bertz CT molecular complexity index is 87.6. The Labute approximate surface area is 66.9 Å². The summed E-state index contributed by atoms with van der Waals surface area (Å²) >= 11 is 2.06. The zero-order valence-corrected chi connectivity index (χ0v) is 7.29. The first-order valence-electron chi connectivity index (χ1n) is 3.96. The molecular weight excluding hydrogens is 144 g/mol. The molecule has 0 radical (unpaired) electrons. The van der Waals surface area contributed by atoms with Crippen molar-refractivity contribution in [2.45, 2.75) is 37.5 Å². The number of hydrogen-bond donors (Lipinski definition) is 2. The van der Waals surface area contributed by atoms with E-state index in [1.54, 1.807) is 0 Å². The average molecular weight is 160 g/mol. The molecule has 1 saturated heterocycles. The quantitative estimate of drug-likeness (QED) is 0.480. The van der Waals surface area contributed by atoms with Gasteiger partial charge in [-0.25, -0.2) is 0 Å². The highest BCUT2D eigenvalue weighted by molar-refractivity contribution is 8.00. The molecule has 1 heterocycles. The number of hydrazine groups is 1. The molecule has 0 aromatic carbocycles. The molecule has 3 heteroatoms. The maximum absolute atomic E-state index is 5.40. The summed E-state index contributed by atoms with van der Waals surface area (Å²) in [6, 6.07) is 0.535. The summed E-state index contributed by atoms with van der Waals surface area (Å²) < 4.78 is 0. The number of nitrogens with two attached hydrogens (primary N) is 1. The van der Waals surface area contributed by atoms with Gasteiger partial charge in [0.15, 0.2) is 0 Å². The van der Waals surface area contributed by atoms with E-state index in [0.29, 0.717) is 6.04 Å². The molecule has 1 aliphatic heterocycles. The molecular formula is C7H16N2S. The fourth-order valence-electron chi connectivity index (χ4n) is 1.41. The van der Waals surface area contributed by atoms with E-state index in [-0.39, 0.29) is 0 Å². The fourth-order valence-corrected chi connectivity index (χ4v) is 2.88. The normalized spacial score (nSPS) is 28.8. The van der Waals surface area contributed by atoms with Crippen LogP contribution in [-0.4, -0.2) is 17.0 Å². The highest BCUT2D eigenvalue weighted by Crippen LogP contribution is 2.29. The number of thioether (sulfide) groups is 1. The van der Waals surface area contributed by atoms with Crippen molar-refractivity contribution in [3.63, 3.8) is 0 Å². The molecule has 3 N–H and O–H groups in total. The second-order valence-electron chi connectivity index (χ2n) is 2.73. The molecule has 1 rings (SSSR count). The summed E-state index contributed by atoms with van der Waals surface area (Å²) in [6.45, 7) is 2.18. The molecule has 0 aromatic heterocycles. The van der Waals surface area contributed by atoms with E-state index >= 15 is 0 Å². The third-order valence-corrected chi connectivity index (χ3v) is 3.58. The first-order chi connectivity index (χ1) is 4.88. The molecule has 0 saturated carbocycles. The van der Waals surface area contributed by atoms with Gasteiger partial charge in [-0.05, 0) is 25.0 Å². The van der Waals surface area contributed by atoms with E-state index in [0.717, 1.165) is 11.7 Å². The van der Waals surface area contributed by atoms with E-state index in [2.05, 4.69) is 24.1 Å². The minimum atomic E-state index is 0.535. The Morgan fingerprint density at radius 3 is 3.00 bits per heavy atom. The van der Waals surface area contributed by atoms with Gasteiger partial charge < -0.3 is 0 Å². The number of rotatable bonds is 3. The Hall–Kier alpha value is 0.270. The van der Waals surface area contributed by atoms with Gasteiger partial charge in [0, 0.05) is 11.3 Å². The summed E-state index contributed by atoms with van der Waals surface area (Å²) in [4.78, 5) is 0. The van der Waals surface area contributed by atoms with Crippen LogP contribution in [0.2, 0.25) is 0 Å². The molecule has 0 aromatic rings. The molecule has 2 atom stereocenters. The van der Waals surface area contributed by atoms with Crippen LogP contribution in [0.5, 0.6) is 0 Å². The molecule has 0 aliphatic carbocycles. The minimum absolute atomic E-state index is 0.535. The Morgan fingerprint density at radius 2 is 2.60 bits per heavy atom. The summed E-state index contributed by atoms with van der Waals surface area (Å²) in [7, 11) is 0. The van der Waals surface area contributed by atoms with Gasteiger partial charge in [-0.1, -0.05) is 6.92 Å². The van der Waals surface area contributed by atoms with Crippen LogP contribution in [0, 0.1) is 0 Å². The summed E-state index contributed by atoms with van der Waals surface area (Å²) in [5.41, 5.74) is 2.87. The molecule has 10 heavy (non-hydrogen) atoms. The van der Waals surface area contributed by atoms with Crippen LogP contribution in [0.25, 0.3) is 0 Å². The molecule has 0 bridgehead atoms. The molecule has 0 spiro atoms. The maximum atomic E-state index is 5.40. The first-order valence-corrected chi connectivity index (χ1v) is 5.01. The van der Waals surface area contributed by atoms with Gasteiger partial charge in [0.25, 0.3) is 0 Å². The maximum Gasteiger partial charge on any atom is 0.0326 e. The standard InChI is InChI=1S/C7H16N2S/c1-2-6(9-8)7-4-3-5-10-7/h6-7,9H,2-5,8H2,1H3. The summed E-state index contributed by atoms with van der Waals surface area (Å²) in [5.74, 6) is 6.72. The van der Waals surface area contributed by atoms with Crippen LogP contribution in [0.1, 0.15) is 26.2 Å². The minimum Gasteiger partial charge on any atom is -0.271 e. The first kappa shape index (κ1) is 8.37. The van der Waals surface area contributed by atoms with E-state index in [4.69, 9.17) is 5.84 Å². The van der Waals surface area contributed by atoms with E-state index < -0.39 is 0 Å². The average Bonchev–Trinajstić information content (AvgIpc) is 2.43. The van der Waals surface area contributed by atoms with Crippen molar-refractivity contribution in [1.82, 2.24) is 5.43 Å². The monoisotopic (exact) mass is 160 g/mol. The van der Waals surface area contributed by atoms with Gasteiger partial charge in [-0.3, -0.25) is 11.3 Å². The second-order valence-corrected chi connectivity index (χ2v) is 4.08. The highest BCUT2D eigenvalue weighted by atomic mass is 32.2. The van der Waals surface area contributed by atoms with Crippen molar-refractivity contribution in [3.05, 3.63) is 0 Å². The van der Waals surface area contributed by atoms with Crippen LogP contribution in [0.15, 0.2) is 0 Å². The van der Waals surface area contributed by atoms with Crippen molar-refractivity contribution in [2.24, 2.45) is 5.84 Å². The Balaban J connectivity index is 2.29. The lowest BCUT2D eigenvalue weighted by atomic mass is 10.1. The van der Waals surface area contributed by atoms with E-state index in [9.17, 15) is 0 Å². The van der Waals surface area contributed by atoms with E-state index in [1.165, 1.54) is 18.6 Å².